The normalized spacial score (nSPS) is 18.4. The molecule has 0 unspecified atom stereocenters. The Morgan fingerprint density at radius 3 is 2.40 bits per heavy atom. The highest BCUT2D eigenvalue weighted by atomic mass is 79.9. The molecule has 0 spiro atoms. The third-order valence-corrected chi connectivity index (χ3v) is 4.45. The second kappa shape index (κ2) is 7.21. The van der Waals surface area contributed by atoms with Crippen LogP contribution < -0.4 is 5.32 Å². The lowest BCUT2D eigenvalue weighted by molar-refractivity contribution is 0.0854. The lowest BCUT2D eigenvalue weighted by Gasteiger charge is -2.43. The van der Waals surface area contributed by atoms with Crippen LogP contribution in [0.15, 0.2) is 22.7 Å². The van der Waals surface area contributed by atoms with Gasteiger partial charge in [-0.15, -0.1) is 12.4 Å². The summed E-state index contributed by atoms with van der Waals surface area (Å²) in [5, 5.41) is 3.37. The van der Waals surface area contributed by atoms with Gasteiger partial charge in [0.2, 0.25) is 0 Å². The first kappa shape index (κ1) is 17.9. The summed E-state index contributed by atoms with van der Waals surface area (Å²) < 4.78 is 14.4. The predicted molar refractivity (Wildman–Crippen MR) is 88.0 cm³/mol. The van der Waals surface area contributed by atoms with E-state index in [1.807, 2.05) is 6.07 Å². The van der Waals surface area contributed by atoms with Gasteiger partial charge in [0.1, 0.15) is 5.82 Å². The topological polar surface area (TPSA) is 15.3 Å². The van der Waals surface area contributed by atoms with Crippen molar-refractivity contribution in [3.63, 3.8) is 0 Å². The van der Waals surface area contributed by atoms with Gasteiger partial charge in [0, 0.05) is 32.2 Å². The molecular weight excluding hydrogens is 343 g/mol. The number of benzene rings is 1. The number of nitrogens with zero attached hydrogens (tertiary/aromatic N) is 1. The molecule has 1 saturated heterocycles. The lowest BCUT2D eigenvalue weighted by Crippen LogP contribution is -2.48. The number of piperazine rings is 1. The number of hydrogen-bond acceptors (Lipinski definition) is 2. The van der Waals surface area contributed by atoms with Crippen LogP contribution in [0.5, 0.6) is 0 Å². The number of hydrogen-bond donors (Lipinski definition) is 1. The first-order valence-electron chi connectivity index (χ1n) is 6.80. The van der Waals surface area contributed by atoms with Crippen molar-refractivity contribution >= 4 is 28.3 Å². The maximum absolute atomic E-state index is 13.8. The Labute approximate surface area is 135 Å². The third kappa shape index (κ3) is 3.94. The van der Waals surface area contributed by atoms with E-state index in [1.54, 1.807) is 6.07 Å². The minimum absolute atomic E-state index is 0. The summed E-state index contributed by atoms with van der Waals surface area (Å²) in [6.07, 6.45) is 0. The molecule has 0 bridgehead atoms. The molecule has 2 nitrogen and oxygen atoms in total. The van der Waals surface area contributed by atoms with Gasteiger partial charge in [-0.1, -0.05) is 32.9 Å². The second-order valence-corrected chi connectivity index (χ2v) is 6.99. The molecule has 1 aromatic carbocycles. The molecule has 1 heterocycles. The van der Waals surface area contributed by atoms with Gasteiger partial charge in [0.15, 0.2) is 0 Å². The summed E-state index contributed by atoms with van der Waals surface area (Å²) in [7, 11) is 0. The maximum atomic E-state index is 13.8. The van der Waals surface area contributed by atoms with Crippen LogP contribution in [0.4, 0.5) is 4.39 Å². The molecule has 1 aromatic rings. The fourth-order valence-electron chi connectivity index (χ4n) is 2.88. The molecule has 5 heteroatoms. The molecular formula is C15H23BrClFN2. The Morgan fingerprint density at radius 1 is 1.25 bits per heavy atom. The molecule has 2 rings (SSSR count). The summed E-state index contributed by atoms with van der Waals surface area (Å²) >= 11 is 3.42. The van der Waals surface area contributed by atoms with Gasteiger partial charge in [-0.25, -0.2) is 4.39 Å². The van der Waals surface area contributed by atoms with E-state index in [4.69, 9.17) is 0 Å². The zero-order valence-corrected chi connectivity index (χ0v) is 14.7. The molecule has 1 fully saturated rings. The molecule has 0 saturated carbocycles. The smallest absolute Gasteiger partial charge is 0.137 e. The van der Waals surface area contributed by atoms with Crippen LogP contribution in [0.3, 0.4) is 0 Å². The molecule has 20 heavy (non-hydrogen) atoms. The van der Waals surface area contributed by atoms with E-state index in [9.17, 15) is 4.39 Å². The zero-order valence-electron chi connectivity index (χ0n) is 12.2. The van der Waals surface area contributed by atoms with Crippen molar-refractivity contribution in [2.45, 2.75) is 26.8 Å². The van der Waals surface area contributed by atoms with Crippen molar-refractivity contribution in [3.05, 3.63) is 34.1 Å². The highest BCUT2D eigenvalue weighted by Crippen LogP contribution is 2.41. The SMILES string of the molecule is CC(C)(C)[C@@H](c1cccc(F)c1Br)N1CCNCC1.Cl. The van der Waals surface area contributed by atoms with Gasteiger partial charge >= 0.3 is 0 Å². The number of rotatable bonds is 2. The van der Waals surface area contributed by atoms with E-state index in [0.717, 1.165) is 31.7 Å². The van der Waals surface area contributed by atoms with Crippen molar-refractivity contribution in [1.82, 2.24) is 10.2 Å². The first-order valence-corrected chi connectivity index (χ1v) is 7.59. The van der Waals surface area contributed by atoms with Crippen LogP contribution in [-0.4, -0.2) is 31.1 Å². The Kier molecular flexibility index (Phi) is 6.45. The fourth-order valence-corrected chi connectivity index (χ4v) is 3.36. The monoisotopic (exact) mass is 364 g/mol. The van der Waals surface area contributed by atoms with Crippen molar-refractivity contribution < 1.29 is 4.39 Å². The summed E-state index contributed by atoms with van der Waals surface area (Å²) in [5.41, 5.74) is 1.11. The molecule has 1 atom stereocenters. The van der Waals surface area contributed by atoms with Crippen LogP contribution in [0.1, 0.15) is 32.4 Å². The highest BCUT2D eigenvalue weighted by molar-refractivity contribution is 9.10. The third-order valence-electron chi connectivity index (χ3n) is 3.61. The average molecular weight is 366 g/mol. The molecule has 0 aliphatic carbocycles. The van der Waals surface area contributed by atoms with E-state index in [1.165, 1.54) is 6.07 Å². The van der Waals surface area contributed by atoms with Gasteiger partial charge in [-0.2, -0.15) is 0 Å². The van der Waals surface area contributed by atoms with Gasteiger partial charge in [-0.3, -0.25) is 4.90 Å². The minimum Gasteiger partial charge on any atom is -0.314 e. The minimum atomic E-state index is -0.179. The molecule has 0 amide bonds. The van der Waals surface area contributed by atoms with Crippen LogP contribution in [0, 0.1) is 11.2 Å². The molecule has 1 aliphatic heterocycles. The van der Waals surface area contributed by atoms with E-state index in [-0.39, 0.29) is 29.7 Å². The molecule has 1 aliphatic rings. The summed E-state index contributed by atoms with van der Waals surface area (Å²) in [6, 6.07) is 5.56. The summed E-state index contributed by atoms with van der Waals surface area (Å²) in [6.45, 7) is 10.7. The Balaban J connectivity index is 0.00000200. The standard InChI is InChI=1S/C15H22BrFN2.ClH/c1-15(2,3)14(19-9-7-18-8-10-19)11-5-4-6-12(17)13(11)16;/h4-6,14,18H,7-10H2,1-3H3;1H/t14-;/m1./s1. The quantitative estimate of drug-likeness (QED) is 0.852. The largest absolute Gasteiger partial charge is 0.314 e. The van der Waals surface area contributed by atoms with Crippen LogP contribution in [-0.2, 0) is 0 Å². The lowest BCUT2D eigenvalue weighted by atomic mass is 9.81. The Morgan fingerprint density at radius 2 is 1.85 bits per heavy atom. The molecule has 114 valence electrons. The van der Waals surface area contributed by atoms with Gasteiger partial charge < -0.3 is 5.32 Å². The highest BCUT2D eigenvalue weighted by Gasteiger charge is 2.34. The van der Waals surface area contributed by atoms with Crippen molar-refractivity contribution in [2.24, 2.45) is 5.41 Å². The van der Waals surface area contributed by atoms with Gasteiger partial charge in [0.25, 0.3) is 0 Å². The van der Waals surface area contributed by atoms with E-state index < -0.39 is 0 Å². The van der Waals surface area contributed by atoms with Gasteiger partial charge in [0.05, 0.1) is 4.47 Å². The summed E-state index contributed by atoms with van der Waals surface area (Å²) in [4.78, 5) is 2.45. The van der Waals surface area contributed by atoms with Crippen molar-refractivity contribution in [3.8, 4) is 0 Å². The first-order chi connectivity index (χ1) is 8.91. The van der Waals surface area contributed by atoms with Crippen LogP contribution in [0.2, 0.25) is 0 Å². The Hall–Kier alpha value is -0.160. The maximum Gasteiger partial charge on any atom is 0.137 e. The molecule has 0 aromatic heterocycles. The molecule has 0 radical (unpaired) electrons. The fraction of sp³-hybridized carbons (Fsp3) is 0.600. The van der Waals surface area contributed by atoms with E-state index >= 15 is 0 Å². The predicted octanol–water partition coefficient (Wildman–Crippen LogP) is 4.00. The molecule has 1 N–H and O–H groups in total. The van der Waals surface area contributed by atoms with Crippen LogP contribution in [0.25, 0.3) is 0 Å². The van der Waals surface area contributed by atoms with Gasteiger partial charge in [-0.05, 0) is 33.0 Å². The van der Waals surface area contributed by atoms with Crippen molar-refractivity contribution in [1.29, 1.82) is 0 Å². The van der Waals surface area contributed by atoms with Crippen LogP contribution >= 0.6 is 28.3 Å². The average Bonchev–Trinajstić information content (AvgIpc) is 2.35. The number of halogens is 3. The van der Waals surface area contributed by atoms with E-state index in [2.05, 4.69) is 46.9 Å². The summed E-state index contributed by atoms with van der Waals surface area (Å²) in [5.74, 6) is -0.179. The van der Waals surface area contributed by atoms with Crippen molar-refractivity contribution in [2.75, 3.05) is 26.2 Å². The van der Waals surface area contributed by atoms with E-state index in [0.29, 0.717) is 4.47 Å². The zero-order chi connectivity index (χ0) is 14.0. The second-order valence-electron chi connectivity index (χ2n) is 6.20. The number of nitrogens with one attached hydrogen (secondary N) is 1. The Bertz CT molecular complexity index is 442.